The van der Waals surface area contributed by atoms with Crippen LogP contribution >= 0.6 is 0 Å². The lowest BCUT2D eigenvalue weighted by Crippen LogP contribution is -2.38. The predicted octanol–water partition coefficient (Wildman–Crippen LogP) is 2.18. The van der Waals surface area contributed by atoms with E-state index in [0.717, 1.165) is 11.1 Å². The fourth-order valence-corrected chi connectivity index (χ4v) is 3.19. The molecule has 0 saturated carbocycles. The monoisotopic (exact) mass is 242 g/mol. The molecule has 3 nitrogen and oxygen atoms in total. The van der Waals surface area contributed by atoms with Gasteiger partial charge in [0.15, 0.2) is 11.6 Å². The number of Topliss-reactive ketones (excluding diaryl/α,β-unsaturated/α-hetero) is 1. The summed E-state index contributed by atoms with van der Waals surface area (Å²) in [5, 5.41) is 0. The number of ether oxygens (including phenoxy) is 1. The summed E-state index contributed by atoms with van der Waals surface area (Å²) in [6.07, 6.45) is 3.52. The Hall–Kier alpha value is -1.74. The van der Waals surface area contributed by atoms with Gasteiger partial charge < -0.3 is 4.74 Å². The Balaban J connectivity index is 2.32. The molecule has 0 amide bonds. The molecule has 2 aliphatic carbocycles. The molecule has 0 aromatic heterocycles. The minimum atomic E-state index is -0.744. The predicted molar refractivity (Wildman–Crippen MR) is 66.5 cm³/mol. The summed E-state index contributed by atoms with van der Waals surface area (Å²) in [5.41, 5.74) is 1.91. The normalized spacial score (nSPS) is 29.3. The van der Waals surface area contributed by atoms with Gasteiger partial charge in [0.1, 0.15) is 5.60 Å². The summed E-state index contributed by atoms with van der Waals surface area (Å²) in [5.74, 6) is -0.393. The Labute approximate surface area is 105 Å². The minimum absolute atomic E-state index is 0.00789. The van der Waals surface area contributed by atoms with Crippen molar-refractivity contribution in [1.82, 2.24) is 0 Å². The van der Waals surface area contributed by atoms with E-state index < -0.39 is 11.5 Å². The highest BCUT2D eigenvalue weighted by molar-refractivity contribution is 6.08. The van der Waals surface area contributed by atoms with E-state index in [4.69, 9.17) is 4.74 Å². The van der Waals surface area contributed by atoms with E-state index in [1.165, 1.54) is 6.08 Å². The van der Waals surface area contributed by atoms with E-state index in [0.29, 0.717) is 5.56 Å². The SMILES string of the molecule is COC12C=CC(=O)CC1C(=O)c1cccc(C)c12. The maximum Gasteiger partial charge on any atom is 0.170 e. The van der Waals surface area contributed by atoms with E-state index in [-0.39, 0.29) is 18.0 Å². The molecule has 3 rings (SSSR count). The number of hydrogen-bond acceptors (Lipinski definition) is 3. The number of fused-ring (bicyclic) bond motifs is 3. The molecule has 1 aromatic carbocycles. The highest BCUT2D eigenvalue weighted by Gasteiger charge is 2.53. The van der Waals surface area contributed by atoms with Gasteiger partial charge in [-0.25, -0.2) is 0 Å². The van der Waals surface area contributed by atoms with Crippen molar-refractivity contribution in [1.29, 1.82) is 0 Å². The lowest BCUT2D eigenvalue weighted by atomic mass is 9.78. The number of carbonyl (C=O) groups excluding carboxylic acids is 2. The van der Waals surface area contributed by atoms with Crippen LogP contribution in [0, 0.1) is 12.8 Å². The first-order valence-corrected chi connectivity index (χ1v) is 6.01. The quantitative estimate of drug-likeness (QED) is 0.758. The summed E-state index contributed by atoms with van der Waals surface area (Å²) in [6.45, 7) is 1.97. The molecule has 92 valence electrons. The van der Waals surface area contributed by atoms with E-state index in [1.54, 1.807) is 13.2 Å². The Morgan fingerprint density at radius 1 is 1.33 bits per heavy atom. The van der Waals surface area contributed by atoms with Gasteiger partial charge in [-0.15, -0.1) is 0 Å². The standard InChI is InChI=1S/C15H14O3/c1-9-4-3-5-11-13(9)15(18-2)7-6-10(16)8-12(15)14(11)17/h3-7,12H,8H2,1-2H3. The number of benzene rings is 1. The third-order valence-electron chi connectivity index (χ3n) is 4.02. The molecule has 18 heavy (non-hydrogen) atoms. The van der Waals surface area contributed by atoms with E-state index in [9.17, 15) is 9.59 Å². The van der Waals surface area contributed by atoms with Gasteiger partial charge >= 0.3 is 0 Å². The molecule has 0 bridgehead atoms. The first-order valence-electron chi connectivity index (χ1n) is 6.01. The van der Waals surface area contributed by atoms with Gasteiger partial charge in [0.25, 0.3) is 0 Å². The zero-order valence-corrected chi connectivity index (χ0v) is 10.4. The molecule has 0 saturated heterocycles. The number of allylic oxidation sites excluding steroid dienone is 1. The molecular weight excluding hydrogens is 228 g/mol. The molecule has 0 radical (unpaired) electrons. The highest BCUT2D eigenvalue weighted by atomic mass is 16.5. The van der Waals surface area contributed by atoms with Gasteiger partial charge in [-0.1, -0.05) is 18.2 Å². The molecule has 0 spiro atoms. The van der Waals surface area contributed by atoms with Crippen molar-refractivity contribution in [2.45, 2.75) is 18.9 Å². The average Bonchev–Trinajstić information content (AvgIpc) is 2.62. The molecule has 0 aliphatic heterocycles. The second-order valence-electron chi connectivity index (χ2n) is 4.92. The van der Waals surface area contributed by atoms with Crippen molar-refractivity contribution in [3.63, 3.8) is 0 Å². The number of aryl methyl sites for hydroxylation is 1. The zero-order valence-electron chi connectivity index (χ0n) is 10.4. The number of rotatable bonds is 1. The second kappa shape index (κ2) is 3.62. The molecule has 2 aliphatic rings. The summed E-state index contributed by atoms with van der Waals surface area (Å²) in [6, 6.07) is 5.67. The maximum atomic E-state index is 12.4. The van der Waals surface area contributed by atoms with Gasteiger partial charge in [0.05, 0.1) is 5.92 Å². The Morgan fingerprint density at radius 2 is 2.11 bits per heavy atom. The van der Waals surface area contributed by atoms with E-state index in [1.807, 2.05) is 25.1 Å². The average molecular weight is 242 g/mol. The molecule has 3 heteroatoms. The van der Waals surface area contributed by atoms with Crippen molar-refractivity contribution >= 4 is 11.6 Å². The Morgan fingerprint density at radius 3 is 2.83 bits per heavy atom. The van der Waals surface area contributed by atoms with Crippen molar-refractivity contribution < 1.29 is 14.3 Å². The fourth-order valence-electron chi connectivity index (χ4n) is 3.19. The molecule has 0 N–H and O–H groups in total. The Bertz CT molecular complexity index is 585. The second-order valence-corrected chi connectivity index (χ2v) is 4.92. The van der Waals surface area contributed by atoms with E-state index >= 15 is 0 Å². The van der Waals surface area contributed by atoms with Crippen molar-refractivity contribution in [3.8, 4) is 0 Å². The van der Waals surface area contributed by atoms with Crippen molar-refractivity contribution in [3.05, 3.63) is 47.0 Å². The number of carbonyl (C=O) groups is 2. The third kappa shape index (κ3) is 1.22. The summed E-state index contributed by atoms with van der Waals surface area (Å²) in [4.78, 5) is 24.0. The van der Waals surface area contributed by atoms with Crippen LogP contribution in [0.25, 0.3) is 0 Å². The van der Waals surface area contributed by atoms with E-state index in [2.05, 4.69) is 0 Å². The molecule has 1 aromatic rings. The van der Waals surface area contributed by atoms with Gasteiger partial charge in [-0.05, 0) is 24.6 Å². The van der Waals surface area contributed by atoms with Gasteiger partial charge in [-0.3, -0.25) is 9.59 Å². The van der Waals surface area contributed by atoms with Crippen LogP contribution in [-0.2, 0) is 15.1 Å². The highest BCUT2D eigenvalue weighted by Crippen LogP contribution is 2.49. The zero-order chi connectivity index (χ0) is 12.9. The fraction of sp³-hybridized carbons (Fsp3) is 0.333. The van der Waals surface area contributed by atoms with Crippen molar-refractivity contribution in [2.75, 3.05) is 7.11 Å². The lowest BCUT2D eigenvalue weighted by Gasteiger charge is -2.34. The van der Waals surface area contributed by atoms with Crippen LogP contribution in [0.15, 0.2) is 30.4 Å². The number of hydrogen-bond donors (Lipinski definition) is 0. The molecule has 2 unspecified atom stereocenters. The van der Waals surface area contributed by atoms with Crippen molar-refractivity contribution in [2.24, 2.45) is 5.92 Å². The first kappa shape index (κ1) is 11.4. The lowest BCUT2D eigenvalue weighted by molar-refractivity contribution is -0.118. The third-order valence-corrected chi connectivity index (χ3v) is 4.02. The van der Waals surface area contributed by atoms with Crippen LogP contribution < -0.4 is 0 Å². The van der Waals surface area contributed by atoms with Crippen LogP contribution in [0.5, 0.6) is 0 Å². The molecule has 0 heterocycles. The van der Waals surface area contributed by atoms with Gasteiger partial charge in [-0.2, -0.15) is 0 Å². The first-order chi connectivity index (χ1) is 8.60. The van der Waals surface area contributed by atoms with Gasteiger partial charge in [0, 0.05) is 24.7 Å². The number of ketones is 2. The molecule has 0 fully saturated rings. The van der Waals surface area contributed by atoms with Crippen LogP contribution in [0.1, 0.15) is 27.9 Å². The van der Waals surface area contributed by atoms with Crippen LogP contribution in [0.4, 0.5) is 0 Å². The summed E-state index contributed by atoms with van der Waals surface area (Å²) >= 11 is 0. The summed E-state index contributed by atoms with van der Waals surface area (Å²) in [7, 11) is 1.60. The van der Waals surface area contributed by atoms with Gasteiger partial charge in [0.2, 0.25) is 0 Å². The van der Waals surface area contributed by atoms with Crippen LogP contribution in [-0.4, -0.2) is 18.7 Å². The minimum Gasteiger partial charge on any atom is -0.369 e. The molecule has 2 atom stereocenters. The Kier molecular flexibility index (Phi) is 2.29. The largest absolute Gasteiger partial charge is 0.369 e. The maximum absolute atomic E-state index is 12.4. The van der Waals surface area contributed by atoms with Crippen LogP contribution in [0.2, 0.25) is 0 Å². The smallest absolute Gasteiger partial charge is 0.170 e. The topological polar surface area (TPSA) is 43.4 Å². The van der Waals surface area contributed by atoms with Crippen LogP contribution in [0.3, 0.4) is 0 Å². The summed E-state index contributed by atoms with van der Waals surface area (Å²) < 4.78 is 5.67. The molecular formula is C15H14O3. The number of methoxy groups -OCH3 is 1.